The fraction of sp³-hybridized carbons (Fsp3) is 0.933. The highest BCUT2D eigenvalue weighted by atomic mass is 16.1. The molecule has 1 rings (SSSR count). The topological polar surface area (TPSA) is 41.1 Å². The largest absolute Gasteiger partial charge is 0.354 e. The van der Waals surface area contributed by atoms with Crippen LogP contribution in [0, 0.1) is 17.3 Å². The molecule has 3 nitrogen and oxygen atoms in total. The lowest BCUT2D eigenvalue weighted by molar-refractivity contribution is -0.126. The minimum Gasteiger partial charge on any atom is -0.354 e. The Bertz CT molecular complexity index is 262. The summed E-state index contributed by atoms with van der Waals surface area (Å²) in [6.45, 7) is 9.75. The minimum atomic E-state index is 0.243. The number of amides is 1. The van der Waals surface area contributed by atoms with Crippen molar-refractivity contribution in [3.05, 3.63) is 0 Å². The molecule has 1 amide bonds. The van der Waals surface area contributed by atoms with Crippen molar-refractivity contribution < 1.29 is 4.79 Å². The second-order valence-corrected chi connectivity index (χ2v) is 6.85. The molecule has 0 bridgehead atoms. The SMILES string of the molecule is CNC(C)CNC(=O)C1CCC(C(C)(C)C)CC1. The molecule has 3 heteroatoms. The molecule has 0 radical (unpaired) electrons. The van der Waals surface area contributed by atoms with Gasteiger partial charge in [-0.25, -0.2) is 0 Å². The van der Waals surface area contributed by atoms with E-state index in [0.717, 1.165) is 25.3 Å². The number of hydrogen-bond donors (Lipinski definition) is 2. The van der Waals surface area contributed by atoms with Gasteiger partial charge in [0.25, 0.3) is 0 Å². The summed E-state index contributed by atoms with van der Waals surface area (Å²) in [5.41, 5.74) is 0.391. The predicted octanol–water partition coefficient (Wildman–Crippen LogP) is 2.56. The lowest BCUT2D eigenvalue weighted by atomic mass is 9.69. The molecule has 1 saturated carbocycles. The van der Waals surface area contributed by atoms with E-state index >= 15 is 0 Å². The number of carbonyl (C=O) groups excluding carboxylic acids is 1. The lowest BCUT2D eigenvalue weighted by Crippen LogP contribution is -2.41. The van der Waals surface area contributed by atoms with Crippen molar-refractivity contribution in [2.45, 2.75) is 59.4 Å². The van der Waals surface area contributed by atoms with Gasteiger partial charge in [0.2, 0.25) is 5.91 Å². The van der Waals surface area contributed by atoms with E-state index in [9.17, 15) is 4.79 Å². The van der Waals surface area contributed by atoms with Crippen LogP contribution in [-0.2, 0) is 4.79 Å². The molecule has 18 heavy (non-hydrogen) atoms. The Morgan fingerprint density at radius 2 is 1.78 bits per heavy atom. The van der Waals surface area contributed by atoms with E-state index in [1.807, 2.05) is 7.05 Å². The van der Waals surface area contributed by atoms with Gasteiger partial charge < -0.3 is 10.6 Å². The first kappa shape index (κ1) is 15.5. The molecule has 1 unspecified atom stereocenters. The highest BCUT2D eigenvalue weighted by molar-refractivity contribution is 5.78. The quantitative estimate of drug-likeness (QED) is 0.809. The van der Waals surface area contributed by atoms with Crippen LogP contribution < -0.4 is 10.6 Å². The van der Waals surface area contributed by atoms with E-state index in [-0.39, 0.29) is 11.8 Å². The van der Waals surface area contributed by atoms with Gasteiger partial charge in [0.05, 0.1) is 0 Å². The monoisotopic (exact) mass is 254 g/mol. The molecule has 0 spiro atoms. The Balaban J connectivity index is 2.32. The number of hydrogen-bond acceptors (Lipinski definition) is 2. The summed E-state index contributed by atoms with van der Waals surface area (Å²) in [4.78, 5) is 12.0. The van der Waals surface area contributed by atoms with E-state index in [4.69, 9.17) is 0 Å². The average molecular weight is 254 g/mol. The smallest absolute Gasteiger partial charge is 0.223 e. The third-order valence-corrected chi connectivity index (χ3v) is 4.40. The first-order valence-electron chi connectivity index (χ1n) is 7.29. The van der Waals surface area contributed by atoms with E-state index in [1.165, 1.54) is 12.8 Å². The van der Waals surface area contributed by atoms with Crippen molar-refractivity contribution in [1.29, 1.82) is 0 Å². The Labute approximate surface area is 112 Å². The molecule has 0 aromatic rings. The number of likely N-dealkylation sites (N-methyl/N-ethyl adjacent to an activating group) is 1. The van der Waals surface area contributed by atoms with Gasteiger partial charge in [-0.15, -0.1) is 0 Å². The van der Waals surface area contributed by atoms with E-state index in [2.05, 4.69) is 38.3 Å². The second kappa shape index (κ2) is 6.55. The van der Waals surface area contributed by atoms with Crippen LogP contribution in [0.25, 0.3) is 0 Å². The van der Waals surface area contributed by atoms with Crippen molar-refractivity contribution >= 4 is 5.91 Å². The van der Waals surface area contributed by atoms with Gasteiger partial charge in [-0.05, 0) is 51.0 Å². The summed E-state index contributed by atoms with van der Waals surface area (Å²) in [6, 6.07) is 0.347. The van der Waals surface area contributed by atoms with E-state index in [0.29, 0.717) is 11.5 Å². The van der Waals surface area contributed by atoms with Gasteiger partial charge in [-0.1, -0.05) is 20.8 Å². The molecular weight excluding hydrogens is 224 g/mol. The Hall–Kier alpha value is -0.570. The van der Waals surface area contributed by atoms with Crippen LogP contribution >= 0.6 is 0 Å². The maximum absolute atomic E-state index is 12.0. The minimum absolute atomic E-state index is 0.243. The zero-order valence-electron chi connectivity index (χ0n) is 12.7. The molecule has 1 fully saturated rings. The molecule has 1 aliphatic rings. The molecule has 2 N–H and O–H groups in total. The molecule has 1 aliphatic carbocycles. The standard InChI is InChI=1S/C15H30N2O/c1-11(16-5)10-17-14(18)12-6-8-13(9-7-12)15(2,3)4/h11-13,16H,6-10H2,1-5H3,(H,17,18). The fourth-order valence-corrected chi connectivity index (χ4v) is 2.72. The molecule has 0 saturated heterocycles. The second-order valence-electron chi connectivity index (χ2n) is 6.85. The van der Waals surface area contributed by atoms with Crippen LogP contribution in [0.4, 0.5) is 0 Å². The summed E-state index contributed by atoms with van der Waals surface area (Å²) >= 11 is 0. The zero-order chi connectivity index (χ0) is 13.8. The fourth-order valence-electron chi connectivity index (χ4n) is 2.72. The third kappa shape index (κ3) is 4.60. The summed E-state index contributed by atoms with van der Waals surface area (Å²) in [5, 5.41) is 6.19. The van der Waals surface area contributed by atoms with Crippen LogP contribution in [0.3, 0.4) is 0 Å². The summed E-state index contributed by atoms with van der Waals surface area (Å²) < 4.78 is 0. The molecule has 0 heterocycles. The Kier molecular flexibility index (Phi) is 5.64. The van der Waals surface area contributed by atoms with Crippen LogP contribution in [0.15, 0.2) is 0 Å². The van der Waals surface area contributed by atoms with E-state index in [1.54, 1.807) is 0 Å². The van der Waals surface area contributed by atoms with Gasteiger partial charge in [0.15, 0.2) is 0 Å². The van der Waals surface area contributed by atoms with Gasteiger partial charge in [0, 0.05) is 18.5 Å². The molecule has 0 aliphatic heterocycles. The van der Waals surface area contributed by atoms with Crippen LogP contribution in [0.5, 0.6) is 0 Å². The van der Waals surface area contributed by atoms with Gasteiger partial charge in [-0.3, -0.25) is 4.79 Å². The molecule has 0 aromatic carbocycles. The zero-order valence-corrected chi connectivity index (χ0v) is 12.7. The first-order valence-corrected chi connectivity index (χ1v) is 7.29. The molecule has 106 valence electrons. The maximum Gasteiger partial charge on any atom is 0.223 e. The van der Waals surface area contributed by atoms with Crippen LogP contribution in [0.1, 0.15) is 53.4 Å². The van der Waals surface area contributed by atoms with Crippen molar-refractivity contribution in [1.82, 2.24) is 10.6 Å². The summed E-state index contributed by atoms with van der Waals surface area (Å²) in [6.07, 6.45) is 4.51. The van der Waals surface area contributed by atoms with Crippen molar-refractivity contribution in [3.63, 3.8) is 0 Å². The predicted molar refractivity (Wildman–Crippen MR) is 76.4 cm³/mol. The van der Waals surface area contributed by atoms with Gasteiger partial charge in [0.1, 0.15) is 0 Å². The third-order valence-electron chi connectivity index (χ3n) is 4.40. The number of rotatable bonds is 4. The summed E-state index contributed by atoms with van der Waals surface area (Å²) in [7, 11) is 1.92. The van der Waals surface area contributed by atoms with Crippen molar-refractivity contribution in [3.8, 4) is 0 Å². The number of nitrogens with one attached hydrogen (secondary N) is 2. The Morgan fingerprint density at radius 1 is 1.22 bits per heavy atom. The maximum atomic E-state index is 12.0. The molecule has 1 atom stereocenters. The highest BCUT2D eigenvalue weighted by Crippen LogP contribution is 2.39. The highest BCUT2D eigenvalue weighted by Gasteiger charge is 2.32. The normalized spacial score (nSPS) is 26.7. The first-order chi connectivity index (χ1) is 8.34. The lowest BCUT2D eigenvalue weighted by Gasteiger charge is -2.36. The van der Waals surface area contributed by atoms with Crippen molar-refractivity contribution in [2.24, 2.45) is 17.3 Å². The van der Waals surface area contributed by atoms with Gasteiger partial charge >= 0.3 is 0 Å². The summed E-state index contributed by atoms with van der Waals surface area (Å²) in [5.74, 6) is 1.27. The van der Waals surface area contributed by atoms with Crippen molar-refractivity contribution in [2.75, 3.05) is 13.6 Å². The van der Waals surface area contributed by atoms with Crippen LogP contribution in [-0.4, -0.2) is 25.5 Å². The molecular formula is C15H30N2O. The van der Waals surface area contributed by atoms with E-state index < -0.39 is 0 Å². The van der Waals surface area contributed by atoms with Crippen LogP contribution in [0.2, 0.25) is 0 Å². The van der Waals surface area contributed by atoms with Gasteiger partial charge in [-0.2, -0.15) is 0 Å². The average Bonchev–Trinajstić information content (AvgIpc) is 2.34. The number of carbonyl (C=O) groups is 1. The Morgan fingerprint density at radius 3 is 2.22 bits per heavy atom. The molecule has 0 aromatic heterocycles.